The standard InChI is InChI=1S/C11H22N4/c1-11(2,3)12-8-6-5-7-10-9-15(4)14-13-10/h9,12H,5-8H2,1-4H3. The Kier molecular flexibility index (Phi) is 4.27. The number of aryl methyl sites for hydroxylation is 2. The number of nitrogens with zero attached hydrogens (tertiary/aromatic N) is 3. The van der Waals surface area contributed by atoms with Crippen LogP contribution >= 0.6 is 0 Å². The number of unbranched alkanes of at least 4 members (excludes halogenated alkanes) is 1. The lowest BCUT2D eigenvalue weighted by Crippen LogP contribution is -2.36. The van der Waals surface area contributed by atoms with Crippen molar-refractivity contribution in [3.05, 3.63) is 11.9 Å². The number of aromatic nitrogens is 3. The molecule has 1 aromatic heterocycles. The summed E-state index contributed by atoms with van der Waals surface area (Å²) in [6.07, 6.45) is 5.37. The predicted octanol–water partition coefficient (Wildman–Crippen LogP) is 1.53. The molecule has 1 rings (SSSR count). The largest absolute Gasteiger partial charge is 0.312 e. The molecular weight excluding hydrogens is 188 g/mol. The van der Waals surface area contributed by atoms with E-state index in [-0.39, 0.29) is 5.54 Å². The van der Waals surface area contributed by atoms with E-state index in [4.69, 9.17) is 0 Å². The number of nitrogens with one attached hydrogen (secondary N) is 1. The zero-order valence-corrected chi connectivity index (χ0v) is 10.2. The Morgan fingerprint density at radius 3 is 2.60 bits per heavy atom. The van der Waals surface area contributed by atoms with Gasteiger partial charge in [-0.2, -0.15) is 0 Å². The van der Waals surface area contributed by atoms with Crippen molar-refractivity contribution >= 4 is 0 Å². The minimum Gasteiger partial charge on any atom is -0.312 e. The Morgan fingerprint density at radius 1 is 1.33 bits per heavy atom. The molecule has 0 bridgehead atoms. The van der Waals surface area contributed by atoms with Crippen molar-refractivity contribution in [3.8, 4) is 0 Å². The zero-order valence-electron chi connectivity index (χ0n) is 10.2. The summed E-state index contributed by atoms with van der Waals surface area (Å²) in [7, 11) is 1.90. The van der Waals surface area contributed by atoms with Crippen LogP contribution in [0.25, 0.3) is 0 Å². The lowest BCUT2D eigenvalue weighted by molar-refractivity contribution is 0.418. The highest BCUT2D eigenvalue weighted by atomic mass is 15.4. The maximum absolute atomic E-state index is 4.05. The van der Waals surface area contributed by atoms with Crippen LogP contribution < -0.4 is 5.32 Å². The average molecular weight is 210 g/mol. The molecule has 0 atom stereocenters. The van der Waals surface area contributed by atoms with Gasteiger partial charge in [0.05, 0.1) is 5.69 Å². The smallest absolute Gasteiger partial charge is 0.0827 e. The van der Waals surface area contributed by atoms with Crippen LogP contribution in [-0.4, -0.2) is 27.1 Å². The number of rotatable bonds is 5. The van der Waals surface area contributed by atoms with Gasteiger partial charge in [-0.05, 0) is 46.6 Å². The van der Waals surface area contributed by atoms with E-state index >= 15 is 0 Å². The predicted molar refractivity (Wildman–Crippen MR) is 61.7 cm³/mol. The Balaban J connectivity index is 2.07. The second-order valence-electron chi connectivity index (χ2n) is 5.02. The molecule has 1 N–H and O–H groups in total. The Labute approximate surface area is 92.1 Å². The second kappa shape index (κ2) is 5.26. The van der Waals surface area contributed by atoms with Gasteiger partial charge in [-0.1, -0.05) is 5.21 Å². The van der Waals surface area contributed by atoms with E-state index in [9.17, 15) is 0 Å². The summed E-state index contributed by atoms with van der Waals surface area (Å²) in [6, 6.07) is 0. The quantitative estimate of drug-likeness (QED) is 0.749. The highest BCUT2D eigenvalue weighted by Crippen LogP contribution is 2.02. The van der Waals surface area contributed by atoms with Gasteiger partial charge in [0.15, 0.2) is 0 Å². The van der Waals surface area contributed by atoms with Crippen LogP contribution in [0, 0.1) is 0 Å². The van der Waals surface area contributed by atoms with Crippen LogP contribution in [0.4, 0.5) is 0 Å². The highest BCUT2D eigenvalue weighted by Gasteiger charge is 2.07. The molecular formula is C11H22N4. The van der Waals surface area contributed by atoms with Crippen molar-refractivity contribution in [2.24, 2.45) is 7.05 Å². The first-order chi connectivity index (χ1) is 6.97. The van der Waals surface area contributed by atoms with E-state index in [1.807, 2.05) is 13.2 Å². The molecule has 86 valence electrons. The Morgan fingerprint density at radius 2 is 2.07 bits per heavy atom. The molecule has 0 amide bonds. The molecule has 1 heterocycles. The van der Waals surface area contributed by atoms with E-state index in [2.05, 4.69) is 36.4 Å². The molecule has 0 saturated carbocycles. The average Bonchev–Trinajstić information content (AvgIpc) is 2.49. The molecule has 0 saturated heterocycles. The minimum absolute atomic E-state index is 0.229. The van der Waals surface area contributed by atoms with Gasteiger partial charge in [-0.25, -0.2) is 0 Å². The second-order valence-corrected chi connectivity index (χ2v) is 5.02. The van der Waals surface area contributed by atoms with Crippen molar-refractivity contribution in [2.75, 3.05) is 6.54 Å². The van der Waals surface area contributed by atoms with Crippen LogP contribution in [0.5, 0.6) is 0 Å². The van der Waals surface area contributed by atoms with E-state index in [1.165, 1.54) is 12.8 Å². The van der Waals surface area contributed by atoms with Gasteiger partial charge < -0.3 is 5.32 Å². The van der Waals surface area contributed by atoms with E-state index in [1.54, 1.807) is 4.68 Å². The summed E-state index contributed by atoms with van der Waals surface area (Å²) in [6.45, 7) is 7.64. The molecule has 0 fully saturated rings. The minimum atomic E-state index is 0.229. The maximum atomic E-state index is 4.05. The van der Waals surface area contributed by atoms with E-state index < -0.39 is 0 Å². The van der Waals surface area contributed by atoms with Gasteiger partial charge in [0, 0.05) is 18.8 Å². The van der Waals surface area contributed by atoms with Crippen molar-refractivity contribution in [1.82, 2.24) is 20.3 Å². The molecule has 0 aliphatic heterocycles. The lowest BCUT2D eigenvalue weighted by atomic mass is 10.1. The Hall–Kier alpha value is -0.900. The fourth-order valence-electron chi connectivity index (χ4n) is 1.40. The first kappa shape index (κ1) is 12.2. The molecule has 0 unspecified atom stereocenters. The summed E-state index contributed by atoms with van der Waals surface area (Å²) in [5, 5.41) is 11.4. The summed E-state index contributed by atoms with van der Waals surface area (Å²) >= 11 is 0. The third-order valence-corrected chi connectivity index (χ3v) is 2.17. The first-order valence-electron chi connectivity index (χ1n) is 5.57. The number of hydrogen-bond acceptors (Lipinski definition) is 3. The van der Waals surface area contributed by atoms with Crippen LogP contribution in [0.15, 0.2) is 6.20 Å². The molecule has 0 aromatic carbocycles. The lowest BCUT2D eigenvalue weighted by Gasteiger charge is -2.20. The van der Waals surface area contributed by atoms with Gasteiger partial charge >= 0.3 is 0 Å². The maximum Gasteiger partial charge on any atom is 0.0827 e. The van der Waals surface area contributed by atoms with Crippen LogP contribution in [0.1, 0.15) is 39.3 Å². The van der Waals surface area contributed by atoms with Gasteiger partial charge in [-0.3, -0.25) is 4.68 Å². The summed E-state index contributed by atoms with van der Waals surface area (Å²) in [4.78, 5) is 0. The fraction of sp³-hybridized carbons (Fsp3) is 0.818. The zero-order chi connectivity index (χ0) is 11.3. The van der Waals surface area contributed by atoms with Crippen LogP contribution in [0.2, 0.25) is 0 Å². The van der Waals surface area contributed by atoms with Crippen molar-refractivity contribution in [1.29, 1.82) is 0 Å². The van der Waals surface area contributed by atoms with Crippen molar-refractivity contribution < 1.29 is 0 Å². The fourth-order valence-corrected chi connectivity index (χ4v) is 1.40. The molecule has 15 heavy (non-hydrogen) atoms. The Bertz CT molecular complexity index is 285. The molecule has 0 aliphatic carbocycles. The summed E-state index contributed by atoms with van der Waals surface area (Å²) < 4.78 is 1.75. The molecule has 0 spiro atoms. The molecule has 4 heteroatoms. The van der Waals surface area contributed by atoms with E-state index in [0.29, 0.717) is 0 Å². The molecule has 4 nitrogen and oxygen atoms in total. The molecule has 1 aromatic rings. The molecule has 0 aliphatic rings. The van der Waals surface area contributed by atoms with Crippen molar-refractivity contribution in [2.45, 2.75) is 45.6 Å². The third kappa shape index (κ3) is 5.52. The monoisotopic (exact) mass is 210 g/mol. The first-order valence-corrected chi connectivity index (χ1v) is 5.57. The van der Waals surface area contributed by atoms with Gasteiger partial charge in [0.2, 0.25) is 0 Å². The normalized spacial score (nSPS) is 12.0. The molecule has 0 radical (unpaired) electrons. The SMILES string of the molecule is Cn1cc(CCCCNC(C)(C)C)nn1. The topological polar surface area (TPSA) is 42.7 Å². The highest BCUT2D eigenvalue weighted by molar-refractivity contribution is 4.91. The van der Waals surface area contributed by atoms with E-state index in [0.717, 1.165) is 18.7 Å². The summed E-state index contributed by atoms with van der Waals surface area (Å²) in [5.74, 6) is 0. The van der Waals surface area contributed by atoms with Crippen LogP contribution in [0.3, 0.4) is 0 Å². The van der Waals surface area contributed by atoms with Gasteiger partial charge in [0.25, 0.3) is 0 Å². The summed E-state index contributed by atoms with van der Waals surface area (Å²) in [5.41, 5.74) is 1.32. The van der Waals surface area contributed by atoms with Gasteiger partial charge in [0.1, 0.15) is 0 Å². The van der Waals surface area contributed by atoms with Crippen LogP contribution in [-0.2, 0) is 13.5 Å². The third-order valence-electron chi connectivity index (χ3n) is 2.17. The van der Waals surface area contributed by atoms with Gasteiger partial charge in [-0.15, -0.1) is 5.10 Å². The van der Waals surface area contributed by atoms with Crippen molar-refractivity contribution in [3.63, 3.8) is 0 Å². The number of hydrogen-bond donors (Lipinski definition) is 1.